The predicted molar refractivity (Wildman–Crippen MR) is 126 cm³/mol. The zero-order chi connectivity index (χ0) is 25.7. The van der Waals surface area contributed by atoms with Crippen molar-refractivity contribution >= 4 is 74.1 Å². The number of aryl methyl sites for hydroxylation is 1. The van der Waals surface area contributed by atoms with Gasteiger partial charge in [0.05, 0.1) is 11.1 Å². The van der Waals surface area contributed by atoms with Crippen molar-refractivity contribution in [3.05, 3.63) is 53.1 Å². The van der Waals surface area contributed by atoms with Gasteiger partial charge in [-0.05, 0) is 84.0 Å². The quantitative estimate of drug-likeness (QED) is 0.423. The van der Waals surface area contributed by atoms with E-state index in [9.17, 15) is 27.6 Å². The topological polar surface area (TPSA) is 139 Å². The number of rotatable bonds is 5. The van der Waals surface area contributed by atoms with Gasteiger partial charge >= 0.3 is 3.98 Å². The summed E-state index contributed by atoms with van der Waals surface area (Å²) in [5, 5.41) is 2.10. The van der Waals surface area contributed by atoms with Crippen LogP contribution in [0.3, 0.4) is 0 Å². The van der Waals surface area contributed by atoms with Crippen molar-refractivity contribution in [2.24, 2.45) is 0 Å². The molecule has 14 heteroatoms. The molecule has 2 heterocycles. The molecule has 2 aromatic rings. The Labute approximate surface area is 214 Å². The molecule has 2 aromatic carbocycles. The first-order valence-electron chi connectivity index (χ1n) is 10.0. The number of fused-ring (bicyclic) bond motifs is 1. The van der Waals surface area contributed by atoms with Gasteiger partial charge in [0, 0.05) is 12.1 Å². The van der Waals surface area contributed by atoms with Crippen molar-refractivity contribution < 1.29 is 32.3 Å². The molecule has 0 aliphatic carbocycles. The molecule has 2 aliphatic heterocycles. The molecule has 2 aliphatic rings. The molecule has 0 spiro atoms. The van der Waals surface area contributed by atoms with Crippen LogP contribution in [-0.2, 0) is 19.6 Å². The number of halogens is 3. The number of piperidine rings is 1. The highest BCUT2D eigenvalue weighted by Crippen LogP contribution is 2.36. The number of hydrogen-bond acceptors (Lipinski definition) is 7. The fraction of sp³-hybridized carbons (Fsp3) is 0.238. The molecule has 0 radical (unpaired) electrons. The Bertz CT molecular complexity index is 1390. The molecule has 0 bridgehead atoms. The summed E-state index contributed by atoms with van der Waals surface area (Å²) in [5.41, 5.74) is 0.513. The third-order valence-electron chi connectivity index (χ3n) is 5.31. The van der Waals surface area contributed by atoms with Crippen LogP contribution in [0.25, 0.3) is 0 Å². The fourth-order valence-electron chi connectivity index (χ4n) is 3.79. The Kier molecular flexibility index (Phi) is 6.47. The van der Waals surface area contributed by atoms with Crippen LogP contribution in [0.5, 0.6) is 5.75 Å². The minimum absolute atomic E-state index is 0.00166. The number of alkyl halides is 3. The van der Waals surface area contributed by atoms with E-state index in [1.54, 1.807) is 6.92 Å². The SMILES string of the molecule is Cc1ccc(S(=O)(=O)Nc2ccc3c(c2)C(=O)N(C2CCC(=O)NC2=O)C3=O)c(OC(Cl)(Cl)Cl)c1. The Morgan fingerprint density at radius 1 is 1.03 bits per heavy atom. The highest BCUT2D eigenvalue weighted by atomic mass is 35.6. The van der Waals surface area contributed by atoms with E-state index in [1.165, 1.54) is 36.4 Å². The van der Waals surface area contributed by atoms with Crippen molar-refractivity contribution in [2.45, 2.75) is 34.7 Å². The third kappa shape index (κ3) is 5.08. The molecule has 0 aromatic heterocycles. The van der Waals surface area contributed by atoms with Gasteiger partial charge in [-0.15, -0.1) is 0 Å². The molecule has 1 unspecified atom stereocenters. The van der Waals surface area contributed by atoms with Gasteiger partial charge in [-0.25, -0.2) is 8.42 Å². The standard InChI is InChI=1S/C21H16Cl3N3O7S/c1-10-2-6-16(15(8-10)34-21(22,23)24)35(32,33)26-11-3-4-12-13(9-11)20(31)27(19(12)30)14-5-7-17(28)25-18(14)29/h2-4,6,8-9,14,26H,5,7H2,1H3,(H,25,28,29). The van der Waals surface area contributed by atoms with E-state index in [4.69, 9.17) is 39.5 Å². The van der Waals surface area contributed by atoms with Gasteiger partial charge in [0.2, 0.25) is 11.8 Å². The van der Waals surface area contributed by atoms with Crippen molar-refractivity contribution in [1.29, 1.82) is 0 Å². The molecule has 2 N–H and O–H groups in total. The van der Waals surface area contributed by atoms with E-state index >= 15 is 0 Å². The van der Waals surface area contributed by atoms with Crippen LogP contribution < -0.4 is 14.8 Å². The van der Waals surface area contributed by atoms with E-state index in [2.05, 4.69) is 10.0 Å². The Hall–Kier alpha value is -2.86. The Balaban J connectivity index is 1.63. The predicted octanol–water partition coefficient (Wildman–Crippen LogP) is 2.90. The molecule has 1 atom stereocenters. The maximum atomic E-state index is 13.1. The zero-order valence-corrected chi connectivity index (χ0v) is 20.9. The number of anilines is 1. The van der Waals surface area contributed by atoms with E-state index in [0.717, 1.165) is 4.90 Å². The molecule has 35 heavy (non-hydrogen) atoms. The lowest BCUT2D eigenvalue weighted by atomic mass is 10.0. The first-order valence-corrected chi connectivity index (χ1v) is 12.6. The summed E-state index contributed by atoms with van der Waals surface area (Å²) in [5.74, 6) is -2.96. The van der Waals surface area contributed by atoms with E-state index in [0.29, 0.717) is 5.56 Å². The Morgan fingerprint density at radius 2 is 1.71 bits per heavy atom. The summed E-state index contributed by atoms with van der Waals surface area (Å²) in [6, 6.07) is 6.75. The monoisotopic (exact) mass is 559 g/mol. The summed E-state index contributed by atoms with van der Waals surface area (Å²) in [7, 11) is -4.29. The van der Waals surface area contributed by atoms with Gasteiger partial charge in [0.25, 0.3) is 21.8 Å². The largest absolute Gasteiger partial charge is 0.444 e. The highest BCUT2D eigenvalue weighted by Gasteiger charge is 2.44. The number of hydrogen-bond donors (Lipinski definition) is 2. The van der Waals surface area contributed by atoms with Gasteiger partial charge < -0.3 is 4.74 Å². The first kappa shape index (κ1) is 25.2. The van der Waals surface area contributed by atoms with Crippen molar-refractivity contribution in [1.82, 2.24) is 10.2 Å². The third-order valence-corrected chi connectivity index (χ3v) is 6.96. The van der Waals surface area contributed by atoms with Crippen LogP contribution >= 0.6 is 34.8 Å². The van der Waals surface area contributed by atoms with E-state index in [-0.39, 0.29) is 40.3 Å². The summed E-state index contributed by atoms with van der Waals surface area (Å²) in [6.07, 6.45) is -0.0287. The van der Waals surface area contributed by atoms with Crippen molar-refractivity contribution in [2.75, 3.05) is 4.72 Å². The smallest absolute Gasteiger partial charge is 0.338 e. The molecule has 1 saturated heterocycles. The number of ether oxygens (including phenoxy) is 1. The van der Waals surface area contributed by atoms with Crippen LogP contribution in [0.2, 0.25) is 0 Å². The average Bonchev–Trinajstić information content (AvgIpc) is 2.96. The van der Waals surface area contributed by atoms with Crippen molar-refractivity contribution in [3.8, 4) is 5.75 Å². The van der Waals surface area contributed by atoms with Gasteiger partial charge in [0.15, 0.2) is 0 Å². The molecular weight excluding hydrogens is 545 g/mol. The van der Waals surface area contributed by atoms with Crippen LogP contribution in [0.1, 0.15) is 39.1 Å². The first-order chi connectivity index (χ1) is 16.3. The summed E-state index contributed by atoms with van der Waals surface area (Å²) < 4.78 is 31.4. The summed E-state index contributed by atoms with van der Waals surface area (Å²) in [4.78, 5) is 49.8. The molecular formula is C21H16Cl3N3O7S. The number of benzene rings is 2. The number of nitrogens with zero attached hydrogens (tertiary/aromatic N) is 1. The van der Waals surface area contributed by atoms with Gasteiger partial charge in [-0.2, -0.15) is 0 Å². The molecule has 4 amide bonds. The lowest BCUT2D eigenvalue weighted by molar-refractivity contribution is -0.136. The van der Waals surface area contributed by atoms with E-state index < -0.39 is 43.7 Å². The molecule has 0 saturated carbocycles. The van der Waals surface area contributed by atoms with Crippen LogP contribution in [0, 0.1) is 6.92 Å². The zero-order valence-electron chi connectivity index (χ0n) is 17.8. The van der Waals surface area contributed by atoms with Crippen LogP contribution in [-0.4, -0.2) is 47.0 Å². The Morgan fingerprint density at radius 3 is 2.37 bits per heavy atom. The average molecular weight is 561 g/mol. The number of sulfonamides is 1. The normalized spacial score (nSPS) is 18.4. The molecule has 1 fully saturated rings. The highest BCUT2D eigenvalue weighted by molar-refractivity contribution is 7.92. The van der Waals surface area contributed by atoms with Gasteiger partial charge in [0.1, 0.15) is 16.7 Å². The number of imide groups is 2. The second kappa shape index (κ2) is 8.98. The van der Waals surface area contributed by atoms with Gasteiger partial charge in [-0.1, -0.05) is 6.07 Å². The molecule has 184 valence electrons. The van der Waals surface area contributed by atoms with Crippen LogP contribution in [0.4, 0.5) is 5.69 Å². The van der Waals surface area contributed by atoms with Gasteiger partial charge in [-0.3, -0.25) is 34.1 Å². The minimum atomic E-state index is -4.29. The fourth-order valence-corrected chi connectivity index (χ4v) is 5.20. The minimum Gasteiger partial charge on any atom is -0.444 e. The summed E-state index contributed by atoms with van der Waals surface area (Å²) >= 11 is 17.0. The second-order valence-corrected chi connectivity index (χ2v) is 11.6. The lowest BCUT2D eigenvalue weighted by Crippen LogP contribution is -2.54. The molecule has 10 nitrogen and oxygen atoms in total. The maximum Gasteiger partial charge on any atom is 0.338 e. The summed E-state index contributed by atoms with van der Waals surface area (Å²) in [6.45, 7) is 1.69. The lowest BCUT2D eigenvalue weighted by Gasteiger charge is -2.27. The number of carbonyl (C=O) groups is 4. The number of nitrogens with one attached hydrogen (secondary N) is 2. The number of carbonyl (C=O) groups excluding carboxylic acids is 4. The maximum absolute atomic E-state index is 13.1. The van der Waals surface area contributed by atoms with Crippen LogP contribution in [0.15, 0.2) is 41.3 Å². The second-order valence-electron chi connectivity index (χ2n) is 7.81. The van der Waals surface area contributed by atoms with Crippen molar-refractivity contribution in [3.63, 3.8) is 0 Å². The number of amides is 4. The van der Waals surface area contributed by atoms with E-state index in [1.807, 2.05) is 0 Å². The molecule has 4 rings (SSSR count).